The van der Waals surface area contributed by atoms with Crippen LogP contribution in [0.3, 0.4) is 0 Å². The molecule has 0 aliphatic carbocycles. The molecule has 1 heterocycles. The summed E-state index contributed by atoms with van der Waals surface area (Å²) in [4.78, 5) is 19.5. The van der Waals surface area contributed by atoms with Crippen LogP contribution in [0.15, 0.2) is 24.4 Å². The summed E-state index contributed by atoms with van der Waals surface area (Å²) >= 11 is 5.92. The van der Waals surface area contributed by atoms with Gasteiger partial charge in [-0.05, 0) is 24.6 Å². The van der Waals surface area contributed by atoms with E-state index in [1.54, 1.807) is 18.2 Å². The van der Waals surface area contributed by atoms with Gasteiger partial charge in [0.15, 0.2) is 11.4 Å². The number of hydrogen-bond donors (Lipinski definition) is 1. The Labute approximate surface area is 127 Å². The van der Waals surface area contributed by atoms with Crippen LogP contribution in [0.2, 0.25) is 5.02 Å². The molecule has 1 aromatic carbocycles. The number of carboxylic acids is 1. The fourth-order valence-electron chi connectivity index (χ4n) is 1.69. The van der Waals surface area contributed by atoms with Crippen molar-refractivity contribution < 1.29 is 14.6 Å². The number of aromatic carboxylic acids is 1. The molecule has 0 saturated carbocycles. The highest BCUT2D eigenvalue weighted by atomic mass is 35.5. The van der Waals surface area contributed by atoms with Crippen LogP contribution in [0.1, 0.15) is 41.6 Å². The first kappa shape index (κ1) is 15.3. The summed E-state index contributed by atoms with van der Waals surface area (Å²) in [5.74, 6) is -0.0928. The third kappa shape index (κ3) is 3.49. The molecule has 6 heteroatoms. The van der Waals surface area contributed by atoms with Crippen molar-refractivity contribution in [1.29, 1.82) is 0 Å². The summed E-state index contributed by atoms with van der Waals surface area (Å²) in [6, 6.07) is 5.15. The molecule has 0 amide bonds. The van der Waals surface area contributed by atoms with Gasteiger partial charge in [-0.25, -0.2) is 14.8 Å². The van der Waals surface area contributed by atoms with Crippen LogP contribution >= 0.6 is 11.6 Å². The molecule has 110 valence electrons. The van der Waals surface area contributed by atoms with E-state index >= 15 is 0 Å². The largest absolute Gasteiger partial charge is 0.476 e. The highest BCUT2D eigenvalue weighted by Gasteiger charge is 2.18. The van der Waals surface area contributed by atoms with Gasteiger partial charge < -0.3 is 9.84 Å². The molecule has 0 aliphatic heterocycles. The Kier molecular flexibility index (Phi) is 4.43. The lowest BCUT2D eigenvalue weighted by Crippen LogP contribution is -2.08. The van der Waals surface area contributed by atoms with Crippen molar-refractivity contribution >= 4 is 17.6 Å². The molecule has 0 atom stereocenters. The van der Waals surface area contributed by atoms with Gasteiger partial charge in [-0.3, -0.25) is 0 Å². The highest BCUT2D eigenvalue weighted by Crippen LogP contribution is 2.29. The first-order valence-corrected chi connectivity index (χ1v) is 6.80. The number of hydrogen-bond acceptors (Lipinski definition) is 4. The number of nitrogens with zero attached hydrogens (tertiary/aromatic N) is 2. The zero-order chi connectivity index (χ0) is 15.6. The second kappa shape index (κ2) is 6.10. The lowest BCUT2D eigenvalue weighted by atomic mass is 10.2. The third-order valence-corrected chi connectivity index (χ3v) is 3.10. The topological polar surface area (TPSA) is 72.3 Å². The normalized spacial score (nSPS) is 10.7. The number of halogens is 1. The number of ether oxygens (including phenoxy) is 1. The van der Waals surface area contributed by atoms with E-state index in [1.807, 2.05) is 20.8 Å². The predicted octanol–water partition coefficient (Wildman–Crippen LogP) is 4.05. The first-order chi connectivity index (χ1) is 9.88. The van der Waals surface area contributed by atoms with Crippen LogP contribution in [0.5, 0.6) is 11.5 Å². The summed E-state index contributed by atoms with van der Waals surface area (Å²) in [5.41, 5.74) is 0.678. The Morgan fingerprint density at radius 2 is 2.05 bits per heavy atom. The maximum absolute atomic E-state index is 11.3. The van der Waals surface area contributed by atoms with Crippen LogP contribution in [0.4, 0.5) is 0 Å². The maximum Gasteiger partial charge on any atom is 0.358 e. The molecular formula is C15H15ClN2O3. The van der Waals surface area contributed by atoms with Gasteiger partial charge in [0.1, 0.15) is 11.6 Å². The minimum Gasteiger partial charge on any atom is -0.476 e. The molecule has 0 radical (unpaired) electrons. The SMILES string of the molecule is Cc1ccc(Cl)cc1Oc1cnc(C(C)C)nc1C(=O)O. The summed E-state index contributed by atoms with van der Waals surface area (Å²) < 4.78 is 5.63. The molecule has 0 bridgehead atoms. The van der Waals surface area contributed by atoms with E-state index in [2.05, 4.69) is 9.97 Å². The van der Waals surface area contributed by atoms with Crippen LogP contribution in [-0.2, 0) is 0 Å². The number of aryl methyl sites for hydroxylation is 1. The molecule has 5 nitrogen and oxygen atoms in total. The summed E-state index contributed by atoms with van der Waals surface area (Å²) in [6.07, 6.45) is 1.38. The first-order valence-electron chi connectivity index (χ1n) is 6.42. The van der Waals surface area contributed by atoms with Gasteiger partial charge in [0, 0.05) is 10.9 Å². The standard InChI is InChI=1S/C15H15ClN2O3/c1-8(2)14-17-7-12(13(18-14)15(19)20)21-11-6-10(16)5-4-9(11)3/h4-8H,1-3H3,(H,19,20). The van der Waals surface area contributed by atoms with Gasteiger partial charge in [-0.1, -0.05) is 31.5 Å². The Bertz CT molecular complexity index is 687. The van der Waals surface area contributed by atoms with Gasteiger partial charge in [-0.15, -0.1) is 0 Å². The van der Waals surface area contributed by atoms with Gasteiger partial charge in [-0.2, -0.15) is 0 Å². The predicted molar refractivity (Wildman–Crippen MR) is 79.3 cm³/mol. The van der Waals surface area contributed by atoms with Crippen molar-refractivity contribution in [3.8, 4) is 11.5 Å². The van der Waals surface area contributed by atoms with Crippen LogP contribution in [0, 0.1) is 6.92 Å². The fourth-order valence-corrected chi connectivity index (χ4v) is 1.85. The second-order valence-corrected chi connectivity index (χ2v) is 5.35. The molecule has 2 rings (SSSR count). The lowest BCUT2D eigenvalue weighted by Gasteiger charge is -2.12. The highest BCUT2D eigenvalue weighted by molar-refractivity contribution is 6.30. The molecule has 1 N–H and O–H groups in total. The monoisotopic (exact) mass is 306 g/mol. The smallest absolute Gasteiger partial charge is 0.358 e. The zero-order valence-corrected chi connectivity index (χ0v) is 12.7. The van der Waals surface area contributed by atoms with Crippen LogP contribution in [0.25, 0.3) is 0 Å². The van der Waals surface area contributed by atoms with Crippen molar-refractivity contribution in [2.75, 3.05) is 0 Å². The quantitative estimate of drug-likeness (QED) is 0.922. The molecule has 0 saturated heterocycles. The van der Waals surface area contributed by atoms with E-state index in [1.165, 1.54) is 6.20 Å². The van der Waals surface area contributed by atoms with Gasteiger partial charge in [0.05, 0.1) is 6.20 Å². The summed E-state index contributed by atoms with van der Waals surface area (Å²) in [5, 5.41) is 9.78. The minimum atomic E-state index is -1.16. The maximum atomic E-state index is 11.3. The van der Waals surface area contributed by atoms with E-state index in [4.69, 9.17) is 16.3 Å². The van der Waals surface area contributed by atoms with Gasteiger partial charge >= 0.3 is 5.97 Å². The number of carbonyl (C=O) groups is 1. The van der Waals surface area contributed by atoms with Gasteiger partial charge in [0.25, 0.3) is 0 Å². The molecule has 0 unspecified atom stereocenters. The fraction of sp³-hybridized carbons (Fsp3) is 0.267. The molecule has 2 aromatic rings. The van der Waals surface area contributed by atoms with Crippen LogP contribution < -0.4 is 4.74 Å². The summed E-state index contributed by atoms with van der Waals surface area (Å²) in [7, 11) is 0. The Morgan fingerprint density at radius 3 is 2.67 bits per heavy atom. The minimum absolute atomic E-state index is 0.0325. The van der Waals surface area contributed by atoms with E-state index in [0.717, 1.165) is 5.56 Å². The van der Waals surface area contributed by atoms with E-state index < -0.39 is 5.97 Å². The average Bonchev–Trinajstić information content (AvgIpc) is 2.42. The molecular weight excluding hydrogens is 292 g/mol. The molecule has 21 heavy (non-hydrogen) atoms. The Morgan fingerprint density at radius 1 is 1.33 bits per heavy atom. The number of rotatable bonds is 4. The second-order valence-electron chi connectivity index (χ2n) is 4.91. The van der Waals surface area contributed by atoms with Crippen molar-refractivity contribution in [2.24, 2.45) is 0 Å². The zero-order valence-electron chi connectivity index (χ0n) is 11.9. The van der Waals surface area contributed by atoms with Crippen molar-refractivity contribution in [1.82, 2.24) is 9.97 Å². The molecule has 1 aromatic heterocycles. The van der Waals surface area contributed by atoms with E-state index in [0.29, 0.717) is 16.6 Å². The number of aromatic nitrogens is 2. The summed E-state index contributed by atoms with van der Waals surface area (Å²) in [6.45, 7) is 5.63. The molecule has 0 spiro atoms. The van der Waals surface area contributed by atoms with Gasteiger partial charge in [0.2, 0.25) is 0 Å². The van der Waals surface area contributed by atoms with E-state index in [9.17, 15) is 9.90 Å². The molecule has 0 fully saturated rings. The molecule has 0 aliphatic rings. The average molecular weight is 307 g/mol. The lowest BCUT2D eigenvalue weighted by molar-refractivity contribution is 0.0686. The van der Waals surface area contributed by atoms with Crippen molar-refractivity contribution in [3.05, 3.63) is 46.5 Å². The van der Waals surface area contributed by atoms with Crippen LogP contribution in [-0.4, -0.2) is 21.0 Å². The van der Waals surface area contributed by atoms with Crippen molar-refractivity contribution in [3.63, 3.8) is 0 Å². The third-order valence-electron chi connectivity index (χ3n) is 2.86. The van der Waals surface area contributed by atoms with E-state index in [-0.39, 0.29) is 17.4 Å². The van der Waals surface area contributed by atoms with Crippen molar-refractivity contribution in [2.45, 2.75) is 26.7 Å². The number of benzene rings is 1. The number of carboxylic acid groups (broad SMARTS) is 1. The Hall–Kier alpha value is -2.14. The Balaban J connectivity index is 2.44.